The number of rotatable bonds is 3. The van der Waals surface area contributed by atoms with E-state index in [1.165, 1.54) is 0 Å². The van der Waals surface area contributed by atoms with Crippen LogP contribution in [-0.2, 0) is 13.0 Å². The van der Waals surface area contributed by atoms with E-state index in [1.807, 2.05) is 0 Å². The van der Waals surface area contributed by atoms with Gasteiger partial charge in [-0.3, -0.25) is 9.59 Å². The number of benzene rings is 2. The second-order valence-corrected chi connectivity index (χ2v) is 6.97. The fourth-order valence-corrected chi connectivity index (χ4v) is 3.80. The van der Waals surface area contributed by atoms with Crippen LogP contribution < -0.4 is 24.3 Å². The maximum atomic E-state index is 12.7. The molecule has 150 valence electrons. The van der Waals surface area contributed by atoms with E-state index in [2.05, 4.69) is 5.32 Å². The van der Waals surface area contributed by atoms with Crippen molar-refractivity contribution in [3.63, 3.8) is 0 Å². The topological polar surface area (TPSA) is 107 Å². The summed E-state index contributed by atoms with van der Waals surface area (Å²) in [6, 6.07) is 4.95. The summed E-state index contributed by atoms with van der Waals surface area (Å²) in [5.74, 6) is 0.813. The quantitative estimate of drug-likeness (QED) is 0.805. The van der Waals surface area contributed by atoms with E-state index in [0.717, 1.165) is 0 Å². The number of nitrogens with zero attached hydrogens (tertiary/aromatic N) is 1. The Kier molecular flexibility index (Phi) is 3.90. The Hall–Kier alpha value is -3.62. The number of likely N-dealkylation sites (N-methyl/N-ethyl adjacent to an activating group) is 1. The highest BCUT2D eigenvalue weighted by Gasteiger charge is 2.35. The van der Waals surface area contributed by atoms with E-state index in [0.29, 0.717) is 46.9 Å². The maximum Gasteiger partial charge on any atom is 0.257 e. The molecule has 0 fully saturated rings. The van der Waals surface area contributed by atoms with Crippen molar-refractivity contribution in [3.05, 3.63) is 40.5 Å². The van der Waals surface area contributed by atoms with Crippen LogP contribution in [-0.4, -0.2) is 49.0 Å². The van der Waals surface area contributed by atoms with Gasteiger partial charge in [0.05, 0.1) is 5.56 Å². The van der Waals surface area contributed by atoms with E-state index >= 15 is 0 Å². The molecule has 0 saturated heterocycles. The lowest BCUT2D eigenvalue weighted by atomic mass is 9.91. The SMILES string of the molecule is CN1CCc2c(CNC(=O)c3ccc4c(c3)OCO4)c3c(c(O)c2C1=O)OCO3. The number of phenols is 1. The minimum Gasteiger partial charge on any atom is -0.504 e. The van der Waals surface area contributed by atoms with Gasteiger partial charge < -0.3 is 34.3 Å². The molecule has 0 bridgehead atoms. The minimum atomic E-state index is -0.308. The van der Waals surface area contributed by atoms with Crippen LogP contribution in [0.4, 0.5) is 0 Å². The van der Waals surface area contributed by atoms with E-state index in [1.54, 1.807) is 30.1 Å². The van der Waals surface area contributed by atoms with Crippen molar-refractivity contribution in [3.8, 4) is 28.7 Å². The van der Waals surface area contributed by atoms with Crippen LogP contribution >= 0.6 is 0 Å². The van der Waals surface area contributed by atoms with Crippen molar-refractivity contribution in [2.24, 2.45) is 0 Å². The average Bonchev–Trinajstić information content (AvgIpc) is 3.39. The summed E-state index contributed by atoms with van der Waals surface area (Å²) in [5.41, 5.74) is 1.93. The number of aromatic hydroxyl groups is 1. The van der Waals surface area contributed by atoms with Gasteiger partial charge in [-0.05, 0) is 30.2 Å². The molecule has 3 aliphatic rings. The van der Waals surface area contributed by atoms with Crippen LogP contribution in [0.2, 0.25) is 0 Å². The molecule has 0 atom stereocenters. The van der Waals surface area contributed by atoms with Gasteiger partial charge in [-0.25, -0.2) is 0 Å². The molecule has 0 radical (unpaired) electrons. The van der Waals surface area contributed by atoms with Gasteiger partial charge in [0.25, 0.3) is 11.8 Å². The third kappa shape index (κ3) is 2.69. The lowest BCUT2D eigenvalue weighted by molar-refractivity contribution is 0.0776. The molecule has 0 aromatic heterocycles. The fourth-order valence-electron chi connectivity index (χ4n) is 3.80. The normalized spacial score (nSPS) is 16.0. The van der Waals surface area contributed by atoms with E-state index in [4.69, 9.17) is 18.9 Å². The zero-order valence-corrected chi connectivity index (χ0v) is 15.6. The molecule has 3 aliphatic heterocycles. The number of carbonyl (C=O) groups is 2. The second-order valence-electron chi connectivity index (χ2n) is 6.97. The van der Waals surface area contributed by atoms with Crippen LogP contribution in [0.3, 0.4) is 0 Å². The number of hydrogen-bond donors (Lipinski definition) is 2. The molecular weight excluding hydrogens is 380 g/mol. The molecule has 0 saturated carbocycles. The number of nitrogens with one attached hydrogen (secondary N) is 1. The summed E-state index contributed by atoms with van der Waals surface area (Å²) in [6.07, 6.45) is 0.539. The molecule has 2 aromatic carbocycles. The molecule has 0 spiro atoms. The Balaban J connectivity index is 1.46. The molecule has 0 aliphatic carbocycles. The molecule has 9 nitrogen and oxygen atoms in total. The van der Waals surface area contributed by atoms with Gasteiger partial charge in [0, 0.05) is 31.3 Å². The van der Waals surface area contributed by atoms with Gasteiger partial charge in [-0.15, -0.1) is 0 Å². The van der Waals surface area contributed by atoms with Crippen LogP contribution in [0.5, 0.6) is 28.7 Å². The Labute approximate surface area is 165 Å². The van der Waals surface area contributed by atoms with Gasteiger partial charge in [0.2, 0.25) is 19.3 Å². The smallest absolute Gasteiger partial charge is 0.257 e. The summed E-state index contributed by atoms with van der Waals surface area (Å²) in [7, 11) is 1.68. The molecular formula is C20H18N2O7. The first-order valence-corrected chi connectivity index (χ1v) is 9.14. The van der Waals surface area contributed by atoms with Crippen LogP contribution in [0, 0.1) is 0 Å². The number of hydrogen-bond acceptors (Lipinski definition) is 7. The molecule has 2 N–H and O–H groups in total. The molecule has 2 aromatic rings. The van der Waals surface area contributed by atoms with Crippen molar-refractivity contribution in [2.45, 2.75) is 13.0 Å². The monoisotopic (exact) mass is 398 g/mol. The van der Waals surface area contributed by atoms with Crippen LogP contribution in [0.25, 0.3) is 0 Å². The number of amides is 2. The first-order chi connectivity index (χ1) is 14.0. The van der Waals surface area contributed by atoms with Crippen LogP contribution in [0.15, 0.2) is 18.2 Å². The third-order valence-electron chi connectivity index (χ3n) is 5.32. The van der Waals surface area contributed by atoms with Gasteiger partial charge in [0.15, 0.2) is 23.0 Å². The second kappa shape index (κ2) is 6.47. The highest BCUT2D eigenvalue weighted by molar-refractivity contribution is 6.01. The van der Waals surface area contributed by atoms with Crippen LogP contribution in [0.1, 0.15) is 31.8 Å². The first kappa shape index (κ1) is 17.5. The van der Waals surface area contributed by atoms with Gasteiger partial charge in [0.1, 0.15) is 0 Å². The lowest BCUT2D eigenvalue weighted by Crippen LogP contribution is -2.35. The molecule has 2 amide bonds. The summed E-state index contributed by atoms with van der Waals surface area (Å²) >= 11 is 0. The Morgan fingerprint density at radius 3 is 2.76 bits per heavy atom. The molecule has 0 unspecified atom stereocenters. The number of fused-ring (bicyclic) bond motifs is 3. The Bertz CT molecular complexity index is 1050. The number of phenolic OH excluding ortho intramolecular Hbond substituents is 1. The highest BCUT2D eigenvalue weighted by Crippen LogP contribution is 2.49. The van der Waals surface area contributed by atoms with E-state index in [-0.39, 0.29) is 49.0 Å². The zero-order valence-electron chi connectivity index (χ0n) is 15.6. The average molecular weight is 398 g/mol. The number of ether oxygens (including phenoxy) is 4. The van der Waals surface area contributed by atoms with Crippen molar-refractivity contribution >= 4 is 11.8 Å². The minimum absolute atomic E-state index is 0.0566. The lowest BCUT2D eigenvalue weighted by Gasteiger charge is -2.28. The number of carbonyl (C=O) groups excluding carboxylic acids is 2. The van der Waals surface area contributed by atoms with E-state index < -0.39 is 0 Å². The van der Waals surface area contributed by atoms with Crippen molar-refractivity contribution < 1.29 is 33.6 Å². The Morgan fingerprint density at radius 1 is 1.14 bits per heavy atom. The Morgan fingerprint density at radius 2 is 1.90 bits per heavy atom. The standard InChI is InChI=1S/C20H18N2O7/c1-22-5-4-11-12(17-18(29-9-28-17)16(23)15(11)20(22)25)7-21-19(24)10-2-3-13-14(6-10)27-8-26-13/h2-3,6,23H,4-5,7-9H2,1H3,(H,21,24). The van der Waals surface area contributed by atoms with Crippen molar-refractivity contribution in [1.82, 2.24) is 10.2 Å². The van der Waals surface area contributed by atoms with Gasteiger partial charge in [-0.2, -0.15) is 0 Å². The van der Waals surface area contributed by atoms with Gasteiger partial charge in [-0.1, -0.05) is 0 Å². The maximum absolute atomic E-state index is 12.7. The van der Waals surface area contributed by atoms with Crippen molar-refractivity contribution in [1.29, 1.82) is 0 Å². The van der Waals surface area contributed by atoms with E-state index in [9.17, 15) is 14.7 Å². The third-order valence-corrected chi connectivity index (χ3v) is 5.32. The predicted octanol–water partition coefficient (Wildman–Crippen LogP) is 1.41. The van der Waals surface area contributed by atoms with Gasteiger partial charge >= 0.3 is 0 Å². The first-order valence-electron chi connectivity index (χ1n) is 9.14. The predicted molar refractivity (Wildman–Crippen MR) is 98.6 cm³/mol. The summed E-state index contributed by atoms with van der Waals surface area (Å²) in [5, 5.41) is 13.4. The zero-order chi connectivity index (χ0) is 20.1. The van der Waals surface area contributed by atoms with Crippen molar-refractivity contribution in [2.75, 3.05) is 27.2 Å². The molecule has 29 heavy (non-hydrogen) atoms. The largest absolute Gasteiger partial charge is 0.504 e. The fraction of sp³-hybridized carbons (Fsp3) is 0.300. The molecule has 3 heterocycles. The molecule has 9 heteroatoms. The molecule has 5 rings (SSSR count). The summed E-state index contributed by atoms with van der Waals surface area (Å²) in [4.78, 5) is 26.8. The highest BCUT2D eigenvalue weighted by atomic mass is 16.7. The summed E-state index contributed by atoms with van der Waals surface area (Å²) in [6.45, 7) is 0.706. The summed E-state index contributed by atoms with van der Waals surface area (Å²) < 4.78 is 21.5.